The number of ether oxygens (including phenoxy) is 2. The first-order chi connectivity index (χ1) is 19.5. The van der Waals surface area contributed by atoms with Crippen molar-refractivity contribution in [2.24, 2.45) is 11.0 Å². The van der Waals surface area contributed by atoms with Crippen LogP contribution in [0.25, 0.3) is 0 Å². The maximum atomic E-state index is 14.5. The number of hydrogen-bond donors (Lipinski definition) is 0. The van der Waals surface area contributed by atoms with E-state index in [0.29, 0.717) is 18.0 Å². The molecule has 2 aliphatic heterocycles. The van der Waals surface area contributed by atoms with Crippen LogP contribution in [-0.2, 0) is 4.79 Å². The van der Waals surface area contributed by atoms with Crippen LogP contribution in [-0.4, -0.2) is 44.3 Å². The summed E-state index contributed by atoms with van der Waals surface area (Å²) < 4.78 is 39.7. The van der Waals surface area contributed by atoms with Crippen molar-refractivity contribution in [2.45, 2.75) is 52.2 Å². The molecule has 0 aromatic heterocycles. The molecule has 1 unspecified atom stereocenters. The largest absolute Gasteiger partial charge is 0.494 e. The summed E-state index contributed by atoms with van der Waals surface area (Å²) in [6, 6.07) is 19.8. The fourth-order valence-electron chi connectivity index (χ4n) is 5.47. The Balaban J connectivity index is 0.00000181. The molecule has 212 valence electrons. The number of carbonyl (C=O) groups excluding carboxylic acids is 1. The Morgan fingerprint density at radius 1 is 0.925 bits per heavy atom. The average molecular weight is 550 g/mol. The van der Waals surface area contributed by atoms with E-state index in [1.807, 2.05) is 38.0 Å². The lowest BCUT2D eigenvalue weighted by atomic mass is 9.91. The molecule has 0 radical (unpaired) electrons. The van der Waals surface area contributed by atoms with Gasteiger partial charge in [-0.25, -0.2) is 8.78 Å². The Morgan fingerprint density at radius 3 is 2.20 bits per heavy atom. The quantitative estimate of drug-likeness (QED) is 0.307. The predicted molar refractivity (Wildman–Crippen MR) is 156 cm³/mol. The van der Waals surface area contributed by atoms with Crippen LogP contribution in [0, 0.1) is 17.6 Å². The Kier molecular flexibility index (Phi) is 9.74. The Bertz CT molecular complexity index is 1280. The van der Waals surface area contributed by atoms with Crippen molar-refractivity contribution in [3.8, 4) is 11.5 Å². The van der Waals surface area contributed by atoms with E-state index in [4.69, 9.17) is 19.4 Å². The van der Waals surface area contributed by atoms with Gasteiger partial charge in [0, 0.05) is 37.9 Å². The lowest BCUT2D eigenvalue weighted by molar-refractivity contribution is -0.0980. The molecule has 0 spiro atoms. The van der Waals surface area contributed by atoms with Crippen LogP contribution in [0.3, 0.4) is 0 Å². The van der Waals surface area contributed by atoms with Gasteiger partial charge >= 0.3 is 0 Å². The van der Waals surface area contributed by atoms with E-state index in [9.17, 15) is 8.78 Å². The van der Waals surface area contributed by atoms with Crippen molar-refractivity contribution >= 4 is 23.9 Å². The van der Waals surface area contributed by atoms with E-state index in [-0.39, 0.29) is 29.7 Å². The highest BCUT2D eigenvalue weighted by Crippen LogP contribution is 2.34. The first kappa shape index (κ1) is 29.1. The Labute approximate surface area is 235 Å². The second-order valence-corrected chi connectivity index (χ2v) is 9.95. The number of nitrogens with zero attached hydrogens (tertiary/aromatic N) is 3. The summed E-state index contributed by atoms with van der Waals surface area (Å²) in [6.45, 7) is 10.3. The maximum absolute atomic E-state index is 14.5. The van der Waals surface area contributed by atoms with Crippen LogP contribution in [0.1, 0.15) is 45.6 Å². The topological polar surface area (TPSA) is 54.4 Å². The van der Waals surface area contributed by atoms with Gasteiger partial charge < -0.3 is 19.2 Å². The molecule has 2 atom stereocenters. The normalized spacial score (nSPS) is 19.1. The summed E-state index contributed by atoms with van der Waals surface area (Å²) in [4.78, 5) is 10.1. The summed E-state index contributed by atoms with van der Waals surface area (Å²) in [5, 5.41) is 7.02. The minimum Gasteiger partial charge on any atom is -0.494 e. The van der Waals surface area contributed by atoms with Crippen LogP contribution in [0.5, 0.6) is 11.5 Å². The van der Waals surface area contributed by atoms with E-state index >= 15 is 0 Å². The number of carbonyl (C=O) groups is 1. The smallest absolute Gasteiger partial charge is 0.146 e. The Morgan fingerprint density at radius 2 is 1.57 bits per heavy atom. The van der Waals surface area contributed by atoms with Gasteiger partial charge in [-0.1, -0.05) is 26.0 Å². The molecule has 0 aliphatic carbocycles. The minimum atomic E-state index is -0.242. The van der Waals surface area contributed by atoms with Crippen LogP contribution in [0.15, 0.2) is 71.8 Å². The molecule has 2 heterocycles. The number of benzene rings is 3. The lowest BCUT2D eigenvalue weighted by Crippen LogP contribution is -2.38. The molecule has 0 N–H and O–H groups in total. The molecule has 2 aliphatic rings. The molecule has 6 nitrogen and oxygen atoms in total. The molecule has 3 aromatic carbocycles. The number of anilines is 2. The highest BCUT2D eigenvalue weighted by atomic mass is 19.1. The zero-order valence-electron chi connectivity index (χ0n) is 23.4. The number of hydrogen-bond acceptors (Lipinski definition) is 6. The fraction of sp³-hybridized carbons (Fsp3) is 0.375. The van der Waals surface area contributed by atoms with Gasteiger partial charge in [-0.05, 0) is 67.4 Å². The van der Waals surface area contributed by atoms with Gasteiger partial charge in [0.15, 0.2) is 0 Å². The number of halogens is 2. The van der Waals surface area contributed by atoms with Crippen molar-refractivity contribution < 1.29 is 23.0 Å². The first-order valence-corrected chi connectivity index (χ1v) is 13.8. The zero-order valence-corrected chi connectivity index (χ0v) is 23.4. The first-order valence-electron chi connectivity index (χ1n) is 13.8. The highest BCUT2D eigenvalue weighted by Gasteiger charge is 2.34. The van der Waals surface area contributed by atoms with E-state index in [2.05, 4.69) is 23.8 Å². The second-order valence-electron chi connectivity index (χ2n) is 9.95. The van der Waals surface area contributed by atoms with Crippen molar-refractivity contribution in [3.63, 3.8) is 0 Å². The van der Waals surface area contributed by atoms with E-state index in [1.165, 1.54) is 18.2 Å². The van der Waals surface area contributed by atoms with E-state index < -0.39 is 0 Å². The summed E-state index contributed by atoms with van der Waals surface area (Å²) in [5.74, 6) is 1.27. The predicted octanol–water partition coefficient (Wildman–Crippen LogP) is 6.87. The molecular formula is C32H37F2N3O3. The second kappa shape index (κ2) is 13.4. The standard InChI is InChI=1S/C31H35F2N3O2.CH2O/c1-4-29-21(3)31(22-6-8-23(32)9-7-22)34-36(29)24-10-12-25(13-11-24)38-26-16-18-35(19-17-26)30-20-27(37-5-2)14-15-28(30)33;1-2/h6-15,20-21,26,29H,4-5,16-19H2,1-3H3;1H2/t21?,29-;/m0./s1. The summed E-state index contributed by atoms with van der Waals surface area (Å²) in [5.41, 5.74) is 3.53. The molecule has 40 heavy (non-hydrogen) atoms. The molecule has 3 aromatic rings. The van der Waals surface area contributed by atoms with Gasteiger partial charge in [-0.3, -0.25) is 5.01 Å². The zero-order chi connectivity index (χ0) is 28.6. The molecule has 8 heteroatoms. The van der Waals surface area contributed by atoms with E-state index in [0.717, 1.165) is 55.1 Å². The maximum Gasteiger partial charge on any atom is 0.146 e. The van der Waals surface area contributed by atoms with Crippen molar-refractivity contribution in [1.29, 1.82) is 0 Å². The van der Waals surface area contributed by atoms with Crippen LogP contribution in [0.2, 0.25) is 0 Å². The van der Waals surface area contributed by atoms with Gasteiger partial charge in [-0.15, -0.1) is 0 Å². The molecule has 1 saturated heterocycles. The van der Waals surface area contributed by atoms with E-state index in [1.54, 1.807) is 24.3 Å². The monoisotopic (exact) mass is 549 g/mol. The molecule has 1 fully saturated rings. The lowest BCUT2D eigenvalue weighted by Gasteiger charge is -2.34. The SMILES string of the molecule is C=O.CCOc1ccc(F)c(N2CCC(Oc3ccc(N4N=C(c5ccc(F)cc5)C(C)[C@@H]4CC)cc3)CC2)c1. The fourth-order valence-corrected chi connectivity index (χ4v) is 5.47. The molecule has 5 rings (SSSR count). The van der Waals surface area contributed by atoms with Crippen molar-refractivity contribution in [2.75, 3.05) is 29.6 Å². The third-order valence-corrected chi connectivity index (χ3v) is 7.51. The molecule has 0 bridgehead atoms. The molecular weight excluding hydrogens is 512 g/mol. The van der Waals surface area contributed by atoms with Gasteiger partial charge in [-0.2, -0.15) is 5.10 Å². The molecule has 0 saturated carbocycles. The van der Waals surface area contributed by atoms with Gasteiger partial charge in [0.25, 0.3) is 0 Å². The summed E-state index contributed by atoms with van der Waals surface area (Å²) in [7, 11) is 0. The minimum absolute atomic E-state index is 0.0773. The number of hydrazone groups is 1. The van der Waals surface area contributed by atoms with Crippen molar-refractivity contribution in [1.82, 2.24) is 0 Å². The van der Waals surface area contributed by atoms with Crippen LogP contribution >= 0.6 is 0 Å². The molecule has 0 amide bonds. The number of rotatable bonds is 8. The van der Waals surface area contributed by atoms with Gasteiger partial charge in [0.2, 0.25) is 0 Å². The highest BCUT2D eigenvalue weighted by molar-refractivity contribution is 6.04. The average Bonchev–Trinajstić information content (AvgIpc) is 3.32. The summed E-state index contributed by atoms with van der Waals surface area (Å²) in [6.07, 6.45) is 2.65. The van der Waals surface area contributed by atoms with Crippen LogP contribution < -0.4 is 19.4 Å². The van der Waals surface area contributed by atoms with Gasteiger partial charge in [0.05, 0.1) is 29.7 Å². The summed E-state index contributed by atoms with van der Waals surface area (Å²) >= 11 is 0. The number of piperidine rings is 1. The Hall–Kier alpha value is -3.94. The third-order valence-electron chi connectivity index (χ3n) is 7.51. The van der Waals surface area contributed by atoms with Gasteiger partial charge in [0.1, 0.15) is 36.0 Å². The van der Waals surface area contributed by atoms with Crippen LogP contribution in [0.4, 0.5) is 20.2 Å². The third kappa shape index (κ3) is 6.43. The van der Waals surface area contributed by atoms with Crippen molar-refractivity contribution in [3.05, 3.63) is 83.9 Å².